The molecular formula is C14H26N2O. The molecule has 1 unspecified atom stereocenters. The Balaban J connectivity index is 1.40. The second kappa shape index (κ2) is 4.87. The number of likely N-dealkylation sites (tertiary alicyclic amines) is 1. The molecule has 3 rings (SSSR count). The van der Waals surface area contributed by atoms with Crippen molar-refractivity contribution in [2.24, 2.45) is 5.41 Å². The molecule has 3 fully saturated rings. The van der Waals surface area contributed by atoms with Gasteiger partial charge in [-0.1, -0.05) is 0 Å². The third-order valence-corrected chi connectivity index (χ3v) is 4.67. The Morgan fingerprint density at radius 3 is 2.71 bits per heavy atom. The Morgan fingerprint density at radius 2 is 2.06 bits per heavy atom. The minimum Gasteiger partial charge on any atom is -0.385 e. The van der Waals surface area contributed by atoms with E-state index < -0.39 is 0 Å². The lowest BCUT2D eigenvalue weighted by atomic mass is 10.0. The number of ether oxygens (including phenoxy) is 1. The van der Waals surface area contributed by atoms with Gasteiger partial charge in [0.15, 0.2) is 0 Å². The van der Waals surface area contributed by atoms with Crippen molar-refractivity contribution in [2.75, 3.05) is 33.4 Å². The Labute approximate surface area is 105 Å². The van der Waals surface area contributed by atoms with E-state index in [-0.39, 0.29) is 0 Å². The van der Waals surface area contributed by atoms with Gasteiger partial charge in [-0.3, -0.25) is 0 Å². The van der Waals surface area contributed by atoms with Crippen LogP contribution in [0, 0.1) is 5.41 Å². The van der Waals surface area contributed by atoms with Gasteiger partial charge in [0.05, 0.1) is 0 Å². The molecule has 0 aromatic heterocycles. The highest BCUT2D eigenvalue weighted by Gasteiger charge is 2.44. The van der Waals surface area contributed by atoms with Crippen LogP contribution in [0.2, 0.25) is 0 Å². The molecule has 2 aliphatic carbocycles. The smallest absolute Gasteiger partial charge is 0.0468 e. The molecule has 17 heavy (non-hydrogen) atoms. The Bertz CT molecular complexity index is 261. The van der Waals surface area contributed by atoms with Crippen molar-refractivity contribution in [1.82, 2.24) is 10.2 Å². The fourth-order valence-corrected chi connectivity index (χ4v) is 3.15. The summed E-state index contributed by atoms with van der Waals surface area (Å²) in [5, 5.41) is 3.77. The fraction of sp³-hybridized carbons (Fsp3) is 1.00. The van der Waals surface area contributed by atoms with Crippen molar-refractivity contribution in [2.45, 2.75) is 50.6 Å². The van der Waals surface area contributed by atoms with Gasteiger partial charge in [0, 0.05) is 38.9 Å². The maximum Gasteiger partial charge on any atom is 0.0468 e. The topological polar surface area (TPSA) is 24.5 Å². The molecule has 1 heterocycles. The normalized spacial score (nSPS) is 31.9. The van der Waals surface area contributed by atoms with Gasteiger partial charge in [0.1, 0.15) is 0 Å². The summed E-state index contributed by atoms with van der Waals surface area (Å²) in [6.07, 6.45) is 8.29. The lowest BCUT2D eigenvalue weighted by Gasteiger charge is -2.23. The summed E-state index contributed by atoms with van der Waals surface area (Å²) in [7, 11) is 1.82. The minimum absolute atomic E-state index is 0.629. The highest BCUT2D eigenvalue weighted by Crippen LogP contribution is 2.49. The zero-order chi connectivity index (χ0) is 11.7. The largest absolute Gasteiger partial charge is 0.385 e. The van der Waals surface area contributed by atoms with Gasteiger partial charge in [0.25, 0.3) is 0 Å². The standard InChI is InChI=1S/C14H26N2O/c1-17-9-7-14(5-6-14)11-16-8-4-13(10-16)15-12-2-3-12/h12-13,15H,2-11H2,1H3. The van der Waals surface area contributed by atoms with E-state index >= 15 is 0 Å². The predicted molar refractivity (Wildman–Crippen MR) is 69.2 cm³/mol. The van der Waals surface area contributed by atoms with Crippen LogP contribution in [-0.2, 0) is 4.74 Å². The molecule has 3 nitrogen and oxygen atoms in total. The molecule has 98 valence electrons. The Hall–Kier alpha value is -0.120. The Morgan fingerprint density at radius 1 is 1.24 bits per heavy atom. The molecule has 3 heteroatoms. The first kappa shape index (κ1) is 11.9. The second-order valence-electron chi connectivity index (χ2n) is 6.40. The van der Waals surface area contributed by atoms with Gasteiger partial charge in [0.2, 0.25) is 0 Å². The summed E-state index contributed by atoms with van der Waals surface area (Å²) in [5.41, 5.74) is 0.629. The number of rotatable bonds is 7. The summed E-state index contributed by atoms with van der Waals surface area (Å²) < 4.78 is 5.23. The molecule has 1 aliphatic heterocycles. The number of nitrogens with zero attached hydrogens (tertiary/aromatic N) is 1. The van der Waals surface area contributed by atoms with E-state index in [1.54, 1.807) is 0 Å². The van der Waals surface area contributed by atoms with Crippen LogP contribution < -0.4 is 5.32 Å². The zero-order valence-corrected chi connectivity index (χ0v) is 11.1. The van der Waals surface area contributed by atoms with E-state index in [0.29, 0.717) is 5.41 Å². The quantitative estimate of drug-likeness (QED) is 0.729. The van der Waals surface area contributed by atoms with Gasteiger partial charge in [-0.25, -0.2) is 0 Å². The van der Waals surface area contributed by atoms with Crippen molar-refractivity contribution in [3.05, 3.63) is 0 Å². The van der Waals surface area contributed by atoms with E-state index in [1.165, 1.54) is 58.2 Å². The fourth-order valence-electron chi connectivity index (χ4n) is 3.15. The maximum atomic E-state index is 5.23. The van der Waals surface area contributed by atoms with Crippen molar-refractivity contribution < 1.29 is 4.74 Å². The molecule has 1 N–H and O–H groups in total. The summed E-state index contributed by atoms with van der Waals surface area (Å²) in [6.45, 7) is 4.85. The van der Waals surface area contributed by atoms with Gasteiger partial charge < -0.3 is 15.0 Å². The van der Waals surface area contributed by atoms with Crippen molar-refractivity contribution in [3.8, 4) is 0 Å². The molecule has 2 saturated carbocycles. The molecule has 3 aliphatic rings. The van der Waals surface area contributed by atoms with Crippen LogP contribution in [0.5, 0.6) is 0 Å². The molecular weight excluding hydrogens is 212 g/mol. The molecule has 0 radical (unpaired) electrons. The van der Waals surface area contributed by atoms with Gasteiger partial charge in [-0.2, -0.15) is 0 Å². The van der Waals surface area contributed by atoms with Crippen molar-refractivity contribution >= 4 is 0 Å². The summed E-state index contributed by atoms with van der Waals surface area (Å²) >= 11 is 0. The maximum absolute atomic E-state index is 5.23. The van der Waals surface area contributed by atoms with Crippen LogP contribution in [0.4, 0.5) is 0 Å². The molecule has 1 saturated heterocycles. The van der Waals surface area contributed by atoms with Crippen molar-refractivity contribution in [3.63, 3.8) is 0 Å². The summed E-state index contributed by atoms with van der Waals surface area (Å²) in [5.74, 6) is 0. The first-order valence-corrected chi connectivity index (χ1v) is 7.27. The average Bonchev–Trinajstić information content (AvgIpc) is 3.21. The van der Waals surface area contributed by atoms with Crippen LogP contribution >= 0.6 is 0 Å². The summed E-state index contributed by atoms with van der Waals surface area (Å²) in [4.78, 5) is 2.68. The molecule has 0 aromatic carbocycles. The van der Waals surface area contributed by atoms with Gasteiger partial charge >= 0.3 is 0 Å². The number of hydrogen-bond acceptors (Lipinski definition) is 3. The minimum atomic E-state index is 0.629. The lowest BCUT2D eigenvalue weighted by Crippen LogP contribution is -2.36. The van der Waals surface area contributed by atoms with E-state index in [2.05, 4.69) is 10.2 Å². The molecule has 0 bridgehead atoms. The van der Waals surface area contributed by atoms with E-state index in [9.17, 15) is 0 Å². The first-order chi connectivity index (χ1) is 8.30. The van der Waals surface area contributed by atoms with E-state index in [4.69, 9.17) is 4.74 Å². The molecule has 0 amide bonds. The number of methoxy groups -OCH3 is 1. The second-order valence-corrected chi connectivity index (χ2v) is 6.40. The SMILES string of the molecule is COCCC1(CN2CCC(NC3CC3)C2)CC1. The van der Waals surface area contributed by atoms with Gasteiger partial charge in [-0.15, -0.1) is 0 Å². The third-order valence-electron chi connectivity index (χ3n) is 4.67. The number of hydrogen-bond donors (Lipinski definition) is 1. The van der Waals surface area contributed by atoms with Crippen LogP contribution in [0.1, 0.15) is 38.5 Å². The third kappa shape index (κ3) is 3.21. The molecule has 1 atom stereocenters. The highest BCUT2D eigenvalue weighted by molar-refractivity contribution is 4.98. The van der Waals surface area contributed by atoms with Crippen LogP contribution in [0.25, 0.3) is 0 Å². The van der Waals surface area contributed by atoms with Crippen LogP contribution in [0.3, 0.4) is 0 Å². The van der Waals surface area contributed by atoms with Crippen LogP contribution in [-0.4, -0.2) is 50.3 Å². The first-order valence-electron chi connectivity index (χ1n) is 7.27. The van der Waals surface area contributed by atoms with Gasteiger partial charge in [-0.05, 0) is 50.5 Å². The molecule has 0 spiro atoms. The zero-order valence-electron chi connectivity index (χ0n) is 11.1. The lowest BCUT2D eigenvalue weighted by molar-refractivity contribution is 0.154. The van der Waals surface area contributed by atoms with E-state index in [0.717, 1.165) is 18.7 Å². The highest BCUT2D eigenvalue weighted by atomic mass is 16.5. The average molecular weight is 238 g/mol. The number of nitrogens with one attached hydrogen (secondary N) is 1. The van der Waals surface area contributed by atoms with E-state index in [1.807, 2.05) is 7.11 Å². The Kier molecular flexibility index (Phi) is 3.42. The monoisotopic (exact) mass is 238 g/mol. The predicted octanol–water partition coefficient (Wildman–Crippen LogP) is 1.63. The van der Waals surface area contributed by atoms with Crippen LogP contribution in [0.15, 0.2) is 0 Å². The summed E-state index contributed by atoms with van der Waals surface area (Å²) in [6, 6.07) is 1.64. The molecule has 0 aromatic rings. The van der Waals surface area contributed by atoms with Crippen molar-refractivity contribution in [1.29, 1.82) is 0 Å².